The monoisotopic (exact) mass is 419 g/mol. The molecule has 2 aromatic rings. The second-order valence-corrected chi connectivity index (χ2v) is 7.91. The molecule has 1 amide bonds. The van der Waals surface area contributed by atoms with Gasteiger partial charge in [0, 0.05) is 6.04 Å². The van der Waals surface area contributed by atoms with Crippen LogP contribution in [0.5, 0.6) is 11.5 Å². The van der Waals surface area contributed by atoms with Gasteiger partial charge in [-0.25, -0.2) is 4.79 Å². The van der Waals surface area contributed by atoms with E-state index in [1.807, 2.05) is 0 Å². The first-order valence-corrected chi connectivity index (χ1v) is 10.5. The summed E-state index contributed by atoms with van der Waals surface area (Å²) in [7, 11) is -4.22. The standard InChI is InChI=1S/C20H21NO7S/c1-2-26-17-8-3-4-9-18(17)28-29(24,25)16-7-5-6-14(12-16)20(23)27-13-19(22)21-15-10-11-15/h3-9,12,15H,2,10-11,13H2,1H3,(H,21,22). The first-order chi connectivity index (χ1) is 13.9. The van der Waals surface area contributed by atoms with Gasteiger partial charge in [0.15, 0.2) is 18.1 Å². The largest absolute Gasteiger partial charge is 0.490 e. The zero-order valence-corrected chi connectivity index (χ0v) is 16.6. The minimum atomic E-state index is -4.22. The zero-order valence-electron chi connectivity index (χ0n) is 15.8. The number of para-hydroxylation sites is 2. The molecule has 0 saturated heterocycles. The summed E-state index contributed by atoms with van der Waals surface area (Å²) in [5.41, 5.74) is -0.00742. The van der Waals surface area contributed by atoms with Crippen molar-refractivity contribution in [3.63, 3.8) is 0 Å². The Balaban J connectivity index is 1.70. The Morgan fingerprint density at radius 2 is 1.79 bits per heavy atom. The molecule has 0 bridgehead atoms. The van der Waals surface area contributed by atoms with Gasteiger partial charge >= 0.3 is 16.1 Å². The predicted molar refractivity (Wildman–Crippen MR) is 103 cm³/mol. The lowest BCUT2D eigenvalue weighted by molar-refractivity contribution is -0.124. The van der Waals surface area contributed by atoms with Crippen molar-refractivity contribution in [2.75, 3.05) is 13.2 Å². The van der Waals surface area contributed by atoms with Crippen molar-refractivity contribution in [1.29, 1.82) is 0 Å². The highest BCUT2D eigenvalue weighted by atomic mass is 32.2. The van der Waals surface area contributed by atoms with Gasteiger partial charge in [0.1, 0.15) is 4.90 Å². The minimum absolute atomic E-state index is 0.00742. The third-order valence-corrected chi connectivity index (χ3v) is 5.21. The summed E-state index contributed by atoms with van der Waals surface area (Å²) >= 11 is 0. The van der Waals surface area contributed by atoms with E-state index in [1.165, 1.54) is 24.3 Å². The van der Waals surface area contributed by atoms with Crippen LogP contribution >= 0.6 is 0 Å². The van der Waals surface area contributed by atoms with Gasteiger partial charge in [-0.3, -0.25) is 4.79 Å². The molecule has 1 aliphatic rings. The molecule has 3 rings (SSSR count). The fourth-order valence-electron chi connectivity index (χ4n) is 2.45. The van der Waals surface area contributed by atoms with E-state index in [4.69, 9.17) is 13.7 Å². The van der Waals surface area contributed by atoms with Crippen molar-refractivity contribution in [2.24, 2.45) is 0 Å². The maximum atomic E-state index is 12.6. The van der Waals surface area contributed by atoms with E-state index in [0.717, 1.165) is 18.9 Å². The Kier molecular flexibility index (Phi) is 6.38. The molecule has 0 spiro atoms. The number of carbonyl (C=O) groups is 2. The Hall–Kier alpha value is -3.07. The van der Waals surface area contributed by atoms with Gasteiger partial charge < -0.3 is 19.0 Å². The molecular formula is C20H21NO7S. The molecule has 154 valence electrons. The van der Waals surface area contributed by atoms with Crippen LogP contribution in [0.1, 0.15) is 30.1 Å². The van der Waals surface area contributed by atoms with Crippen molar-refractivity contribution >= 4 is 22.0 Å². The molecule has 0 unspecified atom stereocenters. The van der Waals surface area contributed by atoms with Crippen molar-refractivity contribution in [1.82, 2.24) is 5.32 Å². The van der Waals surface area contributed by atoms with Crippen LogP contribution in [0.4, 0.5) is 0 Å². The van der Waals surface area contributed by atoms with Crippen LogP contribution in [0.2, 0.25) is 0 Å². The van der Waals surface area contributed by atoms with Crippen molar-refractivity contribution in [3.8, 4) is 11.5 Å². The third-order valence-electron chi connectivity index (χ3n) is 3.98. The van der Waals surface area contributed by atoms with Crippen LogP contribution in [0.25, 0.3) is 0 Å². The average molecular weight is 419 g/mol. The Morgan fingerprint density at radius 3 is 2.48 bits per heavy atom. The topological polar surface area (TPSA) is 108 Å². The quantitative estimate of drug-likeness (QED) is 0.491. The molecule has 0 aliphatic heterocycles. The van der Waals surface area contributed by atoms with Crippen molar-refractivity contribution in [2.45, 2.75) is 30.7 Å². The van der Waals surface area contributed by atoms with Crippen LogP contribution in [0.3, 0.4) is 0 Å². The van der Waals surface area contributed by atoms with E-state index in [1.54, 1.807) is 25.1 Å². The molecule has 0 aromatic heterocycles. The number of hydrogen-bond acceptors (Lipinski definition) is 7. The summed E-state index contributed by atoms with van der Waals surface area (Å²) < 4.78 is 40.8. The lowest BCUT2D eigenvalue weighted by Crippen LogP contribution is -2.30. The number of ether oxygens (including phenoxy) is 2. The summed E-state index contributed by atoms with van der Waals surface area (Å²) in [4.78, 5) is 23.6. The second-order valence-electron chi connectivity index (χ2n) is 6.36. The van der Waals surface area contributed by atoms with Gasteiger partial charge in [-0.1, -0.05) is 18.2 Å². The van der Waals surface area contributed by atoms with E-state index >= 15 is 0 Å². The van der Waals surface area contributed by atoms with E-state index < -0.39 is 22.7 Å². The molecule has 0 atom stereocenters. The molecule has 2 aromatic carbocycles. The molecule has 1 saturated carbocycles. The maximum Gasteiger partial charge on any atom is 0.339 e. The van der Waals surface area contributed by atoms with Gasteiger partial charge in [0.25, 0.3) is 5.91 Å². The molecule has 0 heterocycles. The van der Waals surface area contributed by atoms with E-state index in [2.05, 4.69) is 5.32 Å². The molecule has 29 heavy (non-hydrogen) atoms. The Bertz CT molecular complexity index is 999. The number of carbonyl (C=O) groups excluding carboxylic acids is 2. The summed E-state index contributed by atoms with van der Waals surface area (Å²) in [5.74, 6) is -0.863. The highest BCUT2D eigenvalue weighted by Crippen LogP contribution is 2.29. The van der Waals surface area contributed by atoms with Crippen LogP contribution in [0, 0.1) is 0 Å². The lowest BCUT2D eigenvalue weighted by Gasteiger charge is -2.12. The molecule has 1 N–H and O–H groups in total. The van der Waals surface area contributed by atoms with E-state index in [0.29, 0.717) is 6.61 Å². The smallest absolute Gasteiger partial charge is 0.339 e. The van der Waals surface area contributed by atoms with Gasteiger partial charge in [-0.05, 0) is 50.1 Å². The molecule has 1 fully saturated rings. The number of rotatable bonds is 9. The molecule has 1 aliphatic carbocycles. The summed E-state index contributed by atoms with van der Waals surface area (Å²) in [6.45, 7) is 1.69. The predicted octanol–water partition coefficient (Wildman–Crippen LogP) is 2.29. The number of esters is 1. The Labute approximate surface area is 168 Å². The van der Waals surface area contributed by atoms with Crippen LogP contribution in [-0.4, -0.2) is 39.5 Å². The van der Waals surface area contributed by atoms with Crippen molar-refractivity contribution < 1.29 is 31.7 Å². The van der Waals surface area contributed by atoms with Crippen LogP contribution < -0.4 is 14.2 Å². The highest BCUT2D eigenvalue weighted by Gasteiger charge is 2.24. The van der Waals surface area contributed by atoms with Crippen LogP contribution in [0.15, 0.2) is 53.4 Å². The number of amides is 1. The summed E-state index contributed by atoms with van der Waals surface area (Å²) in [6.07, 6.45) is 1.85. The molecule has 9 heteroatoms. The van der Waals surface area contributed by atoms with Gasteiger partial charge in [0.05, 0.1) is 12.2 Å². The molecule has 8 nitrogen and oxygen atoms in total. The zero-order chi connectivity index (χ0) is 20.9. The normalized spacial score (nSPS) is 13.4. The third kappa shape index (κ3) is 5.71. The first-order valence-electron chi connectivity index (χ1n) is 9.12. The van der Waals surface area contributed by atoms with E-state index in [9.17, 15) is 18.0 Å². The average Bonchev–Trinajstić information content (AvgIpc) is 3.52. The summed E-state index contributed by atoms with van der Waals surface area (Å²) in [5, 5.41) is 2.70. The fourth-order valence-corrected chi connectivity index (χ4v) is 3.44. The number of hydrogen-bond donors (Lipinski definition) is 1. The van der Waals surface area contributed by atoms with Gasteiger partial charge in [-0.2, -0.15) is 8.42 Å². The minimum Gasteiger partial charge on any atom is -0.490 e. The van der Waals surface area contributed by atoms with Gasteiger partial charge in [0.2, 0.25) is 0 Å². The lowest BCUT2D eigenvalue weighted by atomic mass is 10.2. The Morgan fingerprint density at radius 1 is 1.07 bits per heavy atom. The number of nitrogens with one attached hydrogen (secondary N) is 1. The van der Waals surface area contributed by atoms with E-state index in [-0.39, 0.29) is 33.9 Å². The van der Waals surface area contributed by atoms with Gasteiger partial charge in [-0.15, -0.1) is 0 Å². The molecule has 0 radical (unpaired) electrons. The second kappa shape index (κ2) is 8.95. The molecular weight excluding hydrogens is 398 g/mol. The first kappa shape index (κ1) is 20.7. The SMILES string of the molecule is CCOc1ccccc1OS(=O)(=O)c1cccc(C(=O)OCC(=O)NC2CC2)c1. The maximum absolute atomic E-state index is 12.6. The fraction of sp³-hybridized carbons (Fsp3) is 0.300. The van der Waals surface area contributed by atoms with Crippen molar-refractivity contribution in [3.05, 3.63) is 54.1 Å². The highest BCUT2D eigenvalue weighted by molar-refractivity contribution is 7.87. The number of benzene rings is 2. The summed E-state index contributed by atoms with van der Waals surface area (Å²) in [6, 6.07) is 11.8. The van der Waals surface area contributed by atoms with Crippen LogP contribution in [-0.2, 0) is 19.6 Å².